The van der Waals surface area contributed by atoms with E-state index >= 15 is 0 Å². The van der Waals surface area contributed by atoms with Crippen LogP contribution in [0.2, 0.25) is 0 Å². The quantitative estimate of drug-likeness (QED) is 0.357. The number of ether oxygens (including phenoxy) is 1. The molecule has 82 valence electrons. The van der Waals surface area contributed by atoms with Gasteiger partial charge in [-0.05, 0) is 26.3 Å². The highest BCUT2D eigenvalue weighted by Gasteiger charge is 2.15. The van der Waals surface area contributed by atoms with E-state index in [2.05, 4.69) is 6.58 Å². The van der Waals surface area contributed by atoms with Crippen LogP contribution in [0.3, 0.4) is 0 Å². The fourth-order valence-electron chi connectivity index (χ4n) is 0.945. The van der Waals surface area contributed by atoms with Crippen LogP contribution in [0.15, 0.2) is 12.7 Å². The van der Waals surface area contributed by atoms with E-state index in [9.17, 15) is 4.79 Å². The molecule has 14 heavy (non-hydrogen) atoms. The molecule has 0 aliphatic rings. The Kier molecular flexibility index (Phi) is 7.06. The Hall–Kier alpha value is -0.870. The average Bonchev–Trinajstić information content (AvgIpc) is 2.17. The van der Waals surface area contributed by atoms with E-state index in [-0.39, 0.29) is 12.1 Å². The van der Waals surface area contributed by atoms with Crippen LogP contribution in [0, 0.1) is 0 Å². The summed E-state index contributed by atoms with van der Waals surface area (Å²) in [5.74, 6) is -0.366. The molecule has 0 spiro atoms. The van der Waals surface area contributed by atoms with Gasteiger partial charge >= 0.3 is 5.97 Å². The first-order valence-corrected chi connectivity index (χ1v) is 4.90. The standard InChI is InChI=1S/C10H20N2O2/c1-3-8(2)14-10(13)9(12)6-4-5-7-11/h3,8-9H,1,4-7,11-12H2,2H3/t8?,9-/m0/s1. The van der Waals surface area contributed by atoms with Gasteiger partial charge in [0, 0.05) is 0 Å². The molecule has 0 amide bonds. The Morgan fingerprint density at radius 1 is 1.57 bits per heavy atom. The third-order valence-corrected chi connectivity index (χ3v) is 1.91. The number of esters is 1. The minimum Gasteiger partial charge on any atom is -0.457 e. The number of hydrogen-bond donors (Lipinski definition) is 2. The normalized spacial score (nSPS) is 14.5. The Bertz CT molecular complexity index is 183. The number of nitrogens with two attached hydrogens (primary N) is 2. The molecular weight excluding hydrogens is 180 g/mol. The van der Waals surface area contributed by atoms with E-state index in [1.807, 2.05) is 0 Å². The Labute approximate surface area is 85.3 Å². The zero-order valence-electron chi connectivity index (χ0n) is 8.74. The van der Waals surface area contributed by atoms with Crippen LogP contribution in [0.25, 0.3) is 0 Å². The first-order chi connectivity index (χ1) is 6.61. The van der Waals surface area contributed by atoms with Gasteiger partial charge in [0.1, 0.15) is 12.1 Å². The Morgan fingerprint density at radius 2 is 2.21 bits per heavy atom. The van der Waals surface area contributed by atoms with Gasteiger partial charge in [0.15, 0.2) is 0 Å². The monoisotopic (exact) mass is 200 g/mol. The van der Waals surface area contributed by atoms with Gasteiger partial charge in [0.25, 0.3) is 0 Å². The summed E-state index contributed by atoms with van der Waals surface area (Å²) in [6, 6.07) is -0.538. The molecule has 0 bridgehead atoms. The van der Waals surface area contributed by atoms with Gasteiger partial charge in [0.2, 0.25) is 0 Å². The third kappa shape index (κ3) is 5.72. The summed E-state index contributed by atoms with van der Waals surface area (Å²) in [4.78, 5) is 11.3. The predicted molar refractivity (Wildman–Crippen MR) is 56.6 cm³/mol. The number of hydrogen-bond acceptors (Lipinski definition) is 4. The topological polar surface area (TPSA) is 78.3 Å². The molecule has 0 aromatic rings. The van der Waals surface area contributed by atoms with Crippen molar-refractivity contribution in [1.82, 2.24) is 0 Å². The van der Waals surface area contributed by atoms with E-state index in [4.69, 9.17) is 16.2 Å². The van der Waals surface area contributed by atoms with Crippen LogP contribution in [0.4, 0.5) is 0 Å². The van der Waals surface area contributed by atoms with E-state index in [0.29, 0.717) is 13.0 Å². The summed E-state index contributed by atoms with van der Waals surface area (Å²) in [5, 5.41) is 0. The summed E-state index contributed by atoms with van der Waals surface area (Å²) in [6.45, 7) is 5.89. The second-order valence-corrected chi connectivity index (χ2v) is 3.27. The molecule has 0 fully saturated rings. The summed E-state index contributed by atoms with van der Waals surface area (Å²) in [6.07, 6.45) is 3.65. The molecule has 0 aromatic carbocycles. The second-order valence-electron chi connectivity index (χ2n) is 3.27. The molecule has 2 atom stereocenters. The maximum Gasteiger partial charge on any atom is 0.323 e. The van der Waals surface area contributed by atoms with Crippen molar-refractivity contribution >= 4 is 5.97 Å². The van der Waals surface area contributed by atoms with Crippen LogP contribution in [0.5, 0.6) is 0 Å². The number of rotatable bonds is 7. The maximum atomic E-state index is 11.3. The van der Waals surface area contributed by atoms with Gasteiger partial charge in [-0.1, -0.05) is 19.1 Å². The van der Waals surface area contributed by atoms with Gasteiger partial charge < -0.3 is 16.2 Å². The molecule has 0 saturated heterocycles. The van der Waals surface area contributed by atoms with Gasteiger partial charge in [-0.15, -0.1) is 0 Å². The first-order valence-electron chi connectivity index (χ1n) is 4.90. The van der Waals surface area contributed by atoms with Crippen LogP contribution in [-0.4, -0.2) is 24.7 Å². The Balaban J connectivity index is 3.70. The van der Waals surface area contributed by atoms with Crippen molar-refractivity contribution < 1.29 is 9.53 Å². The summed E-state index contributed by atoms with van der Waals surface area (Å²) < 4.78 is 4.98. The average molecular weight is 200 g/mol. The fraction of sp³-hybridized carbons (Fsp3) is 0.700. The molecule has 0 saturated carbocycles. The zero-order chi connectivity index (χ0) is 11.0. The molecule has 0 radical (unpaired) electrons. The van der Waals surface area contributed by atoms with Crippen LogP contribution in [0.1, 0.15) is 26.2 Å². The minimum atomic E-state index is -0.538. The largest absolute Gasteiger partial charge is 0.457 e. The number of carbonyl (C=O) groups is 1. The SMILES string of the molecule is C=CC(C)OC(=O)[C@@H](N)CCCCN. The van der Waals surface area contributed by atoms with Crippen LogP contribution >= 0.6 is 0 Å². The molecule has 4 nitrogen and oxygen atoms in total. The van der Waals surface area contributed by atoms with Gasteiger partial charge in [0.05, 0.1) is 0 Å². The molecule has 0 aromatic heterocycles. The van der Waals surface area contributed by atoms with E-state index < -0.39 is 6.04 Å². The lowest BCUT2D eigenvalue weighted by Crippen LogP contribution is -2.34. The van der Waals surface area contributed by atoms with Gasteiger partial charge in [-0.3, -0.25) is 4.79 Å². The van der Waals surface area contributed by atoms with E-state index in [1.165, 1.54) is 0 Å². The van der Waals surface area contributed by atoms with Crippen molar-refractivity contribution in [3.63, 3.8) is 0 Å². The first kappa shape index (κ1) is 13.1. The van der Waals surface area contributed by atoms with Crippen molar-refractivity contribution in [1.29, 1.82) is 0 Å². The van der Waals surface area contributed by atoms with Crippen molar-refractivity contribution in [2.75, 3.05) is 6.54 Å². The van der Waals surface area contributed by atoms with Crippen molar-refractivity contribution in [3.05, 3.63) is 12.7 Å². The lowest BCUT2D eigenvalue weighted by atomic mass is 10.1. The zero-order valence-corrected chi connectivity index (χ0v) is 8.74. The van der Waals surface area contributed by atoms with Crippen molar-refractivity contribution in [3.8, 4) is 0 Å². The number of unbranched alkanes of at least 4 members (excludes halogenated alkanes) is 1. The molecule has 0 aliphatic heterocycles. The van der Waals surface area contributed by atoms with Crippen molar-refractivity contribution in [2.24, 2.45) is 11.5 Å². The van der Waals surface area contributed by atoms with Crippen molar-refractivity contribution in [2.45, 2.75) is 38.3 Å². The lowest BCUT2D eigenvalue weighted by molar-refractivity contribution is -0.147. The molecular formula is C10H20N2O2. The summed E-state index contributed by atoms with van der Waals surface area (Å²) >= 11 is 0. The fourth-order valence-corrected chi connectivity index (χ4v) is 0.945. The van der Waals surface area contributed by atoms with E-state index in [1.54, 1.807) is 13.0 Å². The lowest BCUT2D eigenvalue weighted by Gasteiger charge is -2.13. The highest BCUT2D eigenvalue weighted by molar-refractivity contribution is 5.75. The number of carbonyl (C=O) groups excluding carboxylic acids is 1. The highest BCUT2D eigenvalue weighted by Crippen LogP contribution is 2.02. The second kappa shape index (κ2) is 7.53. The van der Waals surface area contributed by atoms with Crippen LogP contribution in [-0.2, 0) is 9.53 Å². The molecule has 0 heterocycles. The van der Waals surface area contributed by atoms with Crippen LogP contribution < -0.4 is 11.5 Å². The third-order valence-electron chi connectivity index (χ3n) is 1.91. The van der Waals surface area contributed by atoms with Gasteiger partial charge in [-0.2, -0.15) is 0 Å². The molecule has 0 aliphatic carbocycles. The maximum absolute atomic E-state index is 11.3. The molecule has 4 N–H and O–H groups in total. The van der Waals surface area contributed by atoms with E-state index in [0.717, 1.165) is 12.8 Å². The minimum absolute atomic E-state index is 0.275. The summed E-state index contributed by atoms with van der Waals surface area (Å²) in [7, 11) is 0. The predicted octanol–water partition coefficient (Wildman–Crippen LogP) is 0.560. The Morgan fingerprint density at radius 3 is 2.71 bits per heavy atom. The van der Waals surface area contributed by atoms with Gasteiger partial charge in [-0.25, -0.2) is 0 Å². The summed E-state index contributed by atoms with van der Waals surface area (Å²) in [5.41, 5.74) is 10.9. The molecule has 0 rings (SSSR count). The highest BCUT2D eigenvalue weighted by atomic mass is 16.5. The molecule has 1 unspecified atom stereocenters. The smallest absolute Gasteiger partial charge is 0.323 e. The molecule has 4 heteroatoms.